The van der Waals surface area contributed by atoms with Gasteiger partial charge in [0.05, 0.1) is 12.8 Å². The Bertz CT molecular complexity index is 235. The Morgan fingerprint density at radius 2 is 1.53 bits per heavy atom. The van der Waals surface area contributed by atoms with Crippen LogP contribution in [-0.4, -0.2) is 29.8 Å². The number of carboxylic acid groups (broad SMARTS) is 1. The van der Waals surface area contributed by atoms with Gasteiger partial charge < -0.3 is 14.6 Å². The minimum Gasteiger partial charge on any atom is -0.481 e. The summed E-state index contributed by atoms with van der Waals surface area (Å²) in [6.45, 7) is 1.37. The first kappa shape index (κ1) is 13.4. The van der Waals surface area contributed by atoms with Crippen molar-refractivity contribution in [3.05, 3.63) is 0 Å². The first-order chi connectivity index (χ1) is 7.06. The second-order valence-corrected chi connectivity index (χ2v) is 2.79. The minimum atomic E-state index is -1.07. The van der Waals surface area contributed by atoms with Gasteiger partial charge in [0, 0.05) is 6.42 Å². The highest BCUT2D eigenvalue weighted by molar-refractivity contribution is 5.76. The van der Waals surface area contributed by atoms with Gasteiger partial charge in [-0.15, -0.1) is 0 Å². The van der Waals surface area contributed by atoms with Crippen molar-refractivity contribution in [3.8, 4) is 0 Å². The molecule has 0 radical (unpaired) electrons. The molecule has 86 valence electrons. The van der Waals surface area contributed by atoms with Crippen molar-refractivity contribution >= 4 is 17.9 Å². The smallest absolute Gasteiger partial charge is 0.309 e. The zero-order valence-electron chi connectivity index (χ0n) is 8.52. The largest absolute Gasteiger partial charge is 0.481 e. The number of rotatable bonds is 7. The average molecular weight is 218 g/mol. The third-order valence-corrected chi connectivity index (χ3v) is 1.44. The van der Waals surface area contributed by atoms with Gasteiger partial charge in [0.15, 0.2) is 0 Å². The maximum Gasteiger partial charge on any atom is 0.309 e. The first-order valence-electron chi connectivity index (χ1n) is 4.59. The van der Waals surface area contributed by atoms with E-state index in [-0.39, 0.29) is 19.3 Å². The van der Waals surface area contributed by atoms with Crippen LogP contribution in [0, 0.1) is 0 Å². The molecule has 0 aromatic carbocycles. The van der Waals surface area contributed by atoms with Crippen molar-refractivity contribution in [2.24, 2.45) is 0 Å². The van der Waals surface area contributed by atoms with Crippen LogP contribution in [-0.2, 0) is 23.9 Å². The summed E-state index contributed by atoms with van der Waals surface area (Å²) >= 11 is 0. The molecule has 0 spiro atoms. The number of hydrogen-bond acceptors (Lipinski definition) is 5. The summed E-state index contributed by atoms with van der Waals surface area (Å²) in [5, 5.41) is 8.25. The summed E-state index contributed by atoms with van der Waals surface area (Å²) in [6, 6.07) is 0. The van der Waals surface area contributed by atoms with Gasteiger partial charge >= 0.3 is 17.9 Å². The summed E-state index contributed by atoms with van der Waals surface area (Å²) in [7, 11) is 0. The highest BCUT2D eigenvalue weighted by atomic mass is 16.7. The SMILES string of the molecule is CCCC(=O)OCOC(=O)CCC(=O)O. The summed E-state index contributed by atoms with van der Waals surface area (Å²) < 4.78 is 8.99. The zero-order chi connectivity index (χ0) is 11.7. The van der Waals surface area contributed by atoms with Gasteiger partial charge in [-0.1, -0.05) is 6.92 Å². The average Bonchev–Trinajstić information content (AvgIpc) is 2.15. The van der Waals surface area contributed by atoms with Crippen molar-refractivity contribution in [2.75, 3.05) is 6.79 Å². The van der Waals surface area contributed by atoms with E-state index in [9.17, 15) is 14.4 Å². The lowest BCUT2D eigenvalue weighted by atomic mass is 10.3. The molecule has 0 amide bonds. The molecule has 0 aliphatic heterocycles. The lowest BCUT2D eigenvalue weighted by Crippen LogP contribution is -2.13. The molecule has 0 aliphatic carbocycles. The fourth-order valence-electron chi connectivity index (χ4n) is 0.718. The fourth-order valence-corrected chi connectivity index (χ4v) is 0.718. The number of aliphatic carboxylic acids is 1. The standard InChI is InChI=1S/C9H14O6/c1-2-3-8(12)14-6-15-9(13)5-4-7(10)11/h2-6H2,1H3,(H,10,11). The van der Waals surface area contributed by atoms with Crippen LogP contribution in [0.15, 0.2) is 0 Å². The van der Waals surface area contributed by atoms with E-state index in [1.807, 2.05) is 6.92 Å². The predicted molar refractivity (Wildman–Crippen MR) is 48.8 cm³/mol. The van der Waals surface area contributed by atoms with Gasteiger partial charge in [-0.05, 0) is 6.42 Å². The van der Waals surface area contributed by atoms with Gasteiger partial charge in [0.25, 0.3) is 0 Å². The Morgan fingerprint density at radius 1 is 1.00 bits per heavy atom. The number of esters is 2. The molecule has 15 heavy (non-hydrogen) atoms. The molecule has 0 saturated heterocycles. The number of hydrogen-bond donors (Lipinski definition) is 1. The summed E-state index contributed by atoms with van der Waals surface area (Å²) in [6.07, 6.45) is 0.418. The molecule has 0 bridgehead atoms. The lowest BCUT2D eigenvalue weighted by Gasteiger charge is -2.04. The maximum atomic E-state index is 10.8. The predicted octanol–water partition coefficient (Wildman–Crippen LogP) is 0.695. The molecular formula is C9H14O6. The lowest BCUT2D eigenvalue weighted by molar-refractivity contribution is -0.168. The highest BCUT2D eigenvalue weighted by Gasteiger charge is 2.07. The molecule has 0 fully saturated rings. The molecule has 6 heteroatoms. The van der Waals surface area contributed by atoms with Crippen LogP contribution in [0.2, 0.25) is 0 Å². The Hall–Kier alpha value is -1.59. The van der Waals surface area contributed by atoms with E-state index in [0.29, 0.717) is 6.42 Å². The molecule has 0 rings (SSSR count). The van der Waals surface area contributed by atoms with Gasteiger partial charge in [0.1, 0.15) is 0 Å². The fraction of sp³-hybridized carbons (Fsp3) is 0.667. The van der Waals surface area contributed by atoms with Gasteiger partial charge in [0.2, 0.25) is 6.79 Å². The monoisotopic (exact) mass is 218 g/mol. The second-order valence-electron chi connectivity index (χ2n) is 2.79. The van der Waals surface area contributed by atoms with Crippen LogP contribution in [0.4, 0.5) is 0 Å². The third kappa shape index (κ3) is 8.73. The van der Waals surface area contributed by atoms with Crippen LogP contribution < -0.4 is 0 Å². The Morgan fingerprint density at radius 3 is 2.00 bits per heavy atom. The van der Waals surface area contributed by atoms with Crippen molar-refractivity contribution in [2.45, 2.75) is 32.6 Å². The van der Waals surface area contributed by atoms with E-state index in [1.54, 1.807) is 0 Å². The van der Waals surface area contributed by atoms with E-state index in [1.165, 1.54) is 0 Å². The Balaban J connectivity index is 3.46. The number of carbonyl (C=O) groups is 3. The Kier molecular flexibility index (Phi) is 6.96. The van der Waals surface area contributed by atoms with E-state index >= 15 is 0 Å². The molecule has 6 nitrogen and oxygen atoms in total. The molecule has 0 aliphatic rings. The highest BCUT2D eigenvalue weighted by Crippen LogP contribution is 1.95. The molecule has 0 unspecified atom stereocenters. The summed E-state index contributed by atoms with van der Waals surface area (Å²) in [4.78, 5) is 31.7. The van der Waals surface area contributed by atoms with Gasteiger partial charge in [-0.3, -0.25) is 14.4 Å². The van der Waals surface area contributed by atoms with Gasteiger partial charge in [-0.2, -0.15) is 0 Å². The molecule has 0 aromatic rings. The molecule has 0 heterocycles. The van der Waals surface area contributed by atoms with E-state index in [4.69, 9.17) is 5.11 Å². The van der Waals surface area contributed by atoms with Crippen molar-refractivity contribution in [3.63, 3.8) is 0 Å². The van der Waals surface area contributed by atoms with Crippen LogP contribution in [0.3, 0.4) is 0 Å². The normalized spacial score (nSPS) is 9.40. The van der Waals surface area contributed by atoms with Crippen LogP contribution in [0.25, 0.3) is 0 Å². The number of carbonyl (C=O) groups excluding carboxylic acids is 2. The quantitative estimate of drug-likeness (QED) is 0.499. The first-order valence-corrected chi connectivity index (χ1v) is 4.59. The molecular weight excluding hydrogens is 204 g/mol. The van der Waals surface area contributed by atoms with Crippen molar-refractivity contribution < 1.29 is 29.0 Å². The number of carboxylic acids is 1. The maximum absolute atomic E-state index is 10.8. The second kappa shape index (κ2) is 7.78. The van der Waals surface area contributed by atoms with Crippen LogP contribution in [0.1, 0.15) is 32.6 Å². The molecule has 0 saturated carbocycles. The van der Waals surface area contributed by atoms with Crippen molar-refractivity contribution in [1.29, 1.82) is 0 Å². The molecule has 0 aromatic heterocycles. The summed E-state index contributed by atoms with van der Waals surface area (Å²) in [5.41, 5.74) is 0. The van der Waals surface area contributed by atoms with Crippen LogP contribution in [0.5, 0.6) is 0 Å². The van der Waals surface area contributed by atoms with Crippen LogP contribution >= 0.6 is 0 Å². The van der Waals surface area contributed by atoms with Gasteiger partial charge in [-0.25, -0.2) is 0 Å². The van der Waals surface area contributed by atoms with E-state index in [2.05, 4.69) is 9.47 Å². The number of ether oxygens (including phenoxy) is 2. The summed E-state index contributed by atoms with van der Waals surface area (Å²) in [5.74, 6) is -2.21. The third-order valence-electron chi connectivity index (χ3n) is 1.44. The minimum absolute atomic E-state index is 0.222. The van der Waals surface area contributed by atoms with E-state index < -0.39 is 24.7 Å². The molecule has 1 N–H and O–H groups in total. The van der Waals surface area contributed by atoms with Crippen molar-refractivity contribution in [1.82, 2.24) is 0 Å². The van der Waals surface area contributed by atoms with E-state index in [0.717, 1.165) is 0 Å². The topological polar surface area (TPSA) is 89.9 Å². The zero-order valence-corrected chi connectivity index (χ0v) is 8.52. The Labute approximate surface area is 87.2 Å². The molecule has 0 atom stereocenters.